The molecule has 4 N–H and O–H groups in total. The zero-order valence-corrected chi connectivity index (χ0v) is 12.5. The van der Waals surface area contributed by atoms with Crippen LogP contribution in [0, 0.1) is 0 Å². The third-order valence-corrected chi connectivity index (χ3v) is 3.28. The molecule has 2 amide bonds. The summed E-state index contributed by atoms with van der Waals surface area (Å²) >= 11 is 17.3. The number of hydrogen-bond acceptors (Lipinski definition) is 3. The van der Waals surface area contributed by atoms with E-state index in [0.29, 0.717) is 0 Å². The lowest BCUT2D eigenvalue weighted by Gasteiger charge is -2.14. The molecule has 7 nitrogen and oxygen atoms in total. The number of benzene rings is 1. The van der Waals surface area contributed by atoms with Crippen molar-refractivity contribution in [1.82, 2.24) is 5.32 Å². The van der Waals surface area contributed by atoms with Gasteiger partial charge >= 0.3 is 18.0 Å². The van der Waals surface area contributed by atoms with Gasteiger partial charge in [0.05, 0.1) is 27.2 Å². The molecule has 0 radical (unpaired) electrons. The highest BCUT2D eigenvalue weighted by Crippen LogP contribution is 2.32. The summed E-state index contributed by atoms with van der Waals surface area (Å²) < 4.78 is 0. The Morgan fingerprint density at radius 2 is 1.62 bits per heavy atom. The fourth-order valence-electron chi connectivity index (χ4n) is 1.31. The van der Waals surface area contributed by atoms with Gasteiger partial charge in [-0.1, -0.05) is 34.8 Å². The number of urea groups is 1. The van der Waals surface area contributed by atoms with Crippen molar-refractivity contribution in [3.63, 3.8) is 0 Å². The van der Waals surface area contributed by atoms with Gasteiger partial charge in [-0.2, -0.15) is 0 Å². The second kappa shape index (κ2) is 7.35. The fraction of sp³-hybridized carbons (Fsp3) is 0.182. The standard InChI is InChI=1S/C11H9Cl3N2O5/c12-4-1-6(14)7(2-5(4)13)15-11(21)16-8(10(19)20)3-9(17)18/h1-2,8H,3H2,(H,17,18)(H,19,20)(H2,15,16,21)/t8-/m1/s1. The van der Waals surface area contributed by atoms with E-state index in [-0.39, 0.29) is 20.8 Å². The van der Waals surface area contributed by atoms with Crippen LogP contribution in [0.4, 0.5) is 10.5 Å². The van der Waals surface area contributed by atoms with E-state index in [1.807, 2.05) is 5.32 Å². The Morgan fingerprint density at radius 3 is 2.14 bits per heavy atom. The first-order valence-corrected chi connectivity index (χ1v) is 6.50. The molecular weight excluding hydrogens is 346 g/mol. The summed E-state index contributed by atoms with van der Waals surface area (Å²) in [6.07, 6.45) is -0.766. The molecule has 0 aliphatic heterocycles. The number of halogens is 3. The van der Waals surface area contributed by atoms with Gasteiger partial charge in [0.25, 0.3) is 0 Å². The van der Waals surface area contributed by atoms with Gasteiger partial charge in [-0.3, -0.25) is 4.79 Å². The van der Waals surface area contributed by atoms with Crippen molar-refractivity contribution in [2.24, 2.45) is 0 Å². The van der Waals surface area contributed by atoms with Crippen molar-refractivity contribution in [3.8, 4) is 0 Å². The number of hydrogen-bond donors (Lipinski definition) is 4. The summed E-state index contributed by atoms with van der Waals surface area (Å²) in [7, 11) is 0. The summed E-state index contributed by atoms with van der Waals surface area (Å²) in [5.74, 6) is -2.84. The molecule has 1 aromatic rings. The van der Waals surface area contributed by atoms with Gasteiger partial charge in [0.15, 0.2) is 0 Å². The first-order valence-electron chi connectivity index (χ1n) is 5.37. The highest BCUT2D eigenvalue weighted by atomic mass is 35.5. The molecule has 0 spiro atoms. The van der Waals surface area contributed by atoms with E-state index in [9.17, 15) is 14.4 Å². The molecule has 0 aliphatic carbocycles. The van der Waals surface area contributed by atoms with Crippen LogP contribution in [0.3, 0.4) is 0 Å². The minimum absolute atomic E-state index is 0.0876. The highest BCUT2D eigenvalue weighted by Gasteiger charge is 2.23. The molecule has 1 atom stereocenters. The van der Waals surface area contributed by atoms with Gasteiger partial charge in [-0.15, -0.1) is 0 Å². The maximum atomic E-state index is 11.6. The Hall–Kier alpha value is -1.70. The van der Waals surface area contributed by atoms with E-state index in [2.05, 4.69) is 5.32 Å². The molecule has 0 saturated carbocycles. The molecule has 0 aromatic heterocycles. The zero-order chi connectivity index (χ0) is 16.2. The van der Waals surface area contributed by atoms with Gasteiger partial charge in [0.1, 0.15) is 6.04 Å². The predicted molar refractivity (Wildman–Crippen MR) is 77.3 cm³/mol. The molecule has 0 bridgehead atoms. The maximum absolute atomic E-state index is 11.6. The second-order valence-electron chi connectivity index (χ2n) is 3.83. The van der Waals surface area contributed by atoms with Gasteiger partial charge in [-0.25, -0.2) is 9.59 Å². The normalized spacial score (nSPS) is 11.6. The number of carbonyl (C=O) groups is 3. The van der Waals surface area contributed by atoms with Crippen molar-refractivity contribution in [3.05, 3.63) is 27.2 Å². The number of carboxylic acid groups (broad SMARTS) is 2. The van der Waals surface area contributed by atoms with E-state index in [1.165, 1.54) is 12.1 Å². The van der Waals surface area contributed by atoms with Crippen LogP contribution >= 0.6 is 34.8 Å². The smallest absolute Gasteiger partial charge is 0.326 e. The van der Waals surface area contributed by atoms with Crippen molar-refractivity contribution in [2.45, 2.75) is 12.5 Å². The molecular formula is C11H9Cl3N2O5. The van der Waals surface area contributed by atoms with Gasteiger partial charge in [0.2, 0.25) is 0 Å². The summed E-state index contributed by atoms with van der Waals surface area (Å²) in [6, 6.07) is 0.0548. The van der Waals surface area contributed by atoms with Crippen LogP contribution in [0.5, 0.6) is 0 Å². The lowest BCUT2D eigenvalue weighted by molar-refractivity contribution is -0.145. The maximum Gasteiger partial charge on any atom is 0.326 e. The predicted octanol–water partition coefficient (Wildman–Crippen LogP) is 2.70. The lowest BCUT2D eigenvalue weighted by atomic mass is 10.2. The van der Waals surface area contributed by atoms with Crippen LogP contribution in [0.1, 0.15) is 6.42 Å². The second-order valence-corrected chi connectivity index (χ2v) is 5.05. The van der Waals surface area contributed by atoms with E-state index in [1.54, 1.807) is 0 Å². The van der Waals surface area contributed by atoms with Gasteiger partial charge in [-0.05, 0) is 12.1 Å². The van der Waals surface area contributed by atoms with Crippen molar-refractivity contribution >= 4 is 58.5 Å². The fourth-order valence-corrected chi connectivity index (χ4v) is 1.90. The third-order valence-electron chi connectivity index (χ3n) is 2.24. The van der Waals surface area contributed by atoms with Crippen LogP contribution in [-0.2, 0) is 9.59 Å². The van der Waals surface area contributed by atoms with E-state index < -0.39 is 30.4 Å². The molecule has 0 aliphatic rings. The average molecular weight is 356 g/mol. The SMILES string of the molecule is O=C(O)C[C@@H](NC(=O)Nc1cc(Cl)c(Cl)cc1Cl)C(=O)O. The van der Waals surface area contributed by atoms with Crippen LogP contribution in [0.25, 0.3) is 0 Å². The molecule has 21 heavy (non-hydrogen) atoms. The zero-order valence-electron chi connectivity index (χ0n) is 10.2. The Kier molecular flexibility index (Phi) is 6.07. The van der Waals surface area contributed by atoms with Gasteiger partial charge < -0.3 is 20.8 Å². The van der Waals surface area contributed by atoms with Crippen LogP contribution < -0.4 is 10.6 Å². The molecule has 114 valence electrons. The summed E-state index contributed by atoms with van der Waals surface area (Å²) in [4.78, 5) is 33.0. The Bertz CT molecular complexity index is 593. The van der Waals surface area contributed by atoms with E-state index in [0.717, 1.165) is 0 Å². The number of nitrogens with one attached hydrogen (secondary N) is 2. The van der Waals surface area contributed by atoms with Crippen molar-refractivity contribution < 1.29 is 24.6 Å². The highest BCUT2D eigenvalue weighted by molar-refractivity contribution is 6.44. The van der Waals surface area contributed by atoms with Crippen LogP contribution in [0.2, 0.25) is 15.1 Å². The molecule has 1 rings (SSSR count). The Morgan fingerprint density at radius 1 is 1.05 bits per heavy atom. The van der Waals surface area contributed by atoms with Crippen molar-refractivity contribution in [2.75, 3.05) is 5.32 Å². The Labute approximate surface area is 133 Å². The lowest BCUT2D eigenvalue weighted by Crippen LogP contribution is -2.44. The summed E-state index contributed by atoms with van der Waals surface area (Å²) in [5, 5.41) is 22.0. The molecule has 0 saturated heterocycles. The number of rotatable bonds is 5. The molecule has 1 aromatic carbocycles. The van der Waals surface area contributed by atoms with Crippen molar-refractivity contribution in [1.29, 1.82) is 0 Å². The average Bonchev–Trinajstić information content (AvgIpc) is 2.34. The third kappa shape index (κ3) is 5.30. The van der Waals surface area contributed by atoms with Crippen LogP contribution in [0.15, 0.2) is 12.1 Å². The minimum Gasteiger partial charge on any atom is -0.481 e. The molecule has 0 heterocycles. The topological polar surface area (TPSA) is 116 Å². The van der Waals surface area contributed by atoms with E-state index >= 15 is 0 Å². The van der Waals surface area contributed by atoms with Crippen LogP contribution in [-0.4, -0.2) is 34.2 Å². The van der Waals surface area contributed by atoms with E-state index in [4.69, 9.17) is 45.0 Å². The number of carbonyl (C=O) groups excluding carboxylic acids is 1. The molecule has 0 fully saturated rings. The summed E-state index contributed by atoms with van der Waals surface area (Å²) in [6.45, 7) is 0. The summed E-state index contributed by atoms with van der Waals surface area (Å²) in [5.41, 5.74) is 0.100. The number of carboxylic acids is 2. The quantitative estimate of drug-likeness (QED) is 0.606. The minimum atomic E-state index is -1.58. The first-order chi connectivity index (χ1) is 9.70. The number of amides is 2. The number of anilines is 1. The number of aliphatic carboxylic acids is 2. The molecule has 10 heteroatoms. The molecule has 0 unspecified atom stereocenters. The monoisotopic (exact) mass is 354 g/mol. The Balaban J connectivity index is 2.79. The van der Waals surface area contributed by atoms with Gasteiger partial charge in [0, 0.05) is 0 Å². The first kappa shape index (κ1) is 17.4. The largest absolute Gasteiger partial charge is 0.481 e.